The summed E-state index contributed by atoms with van der Waals surface area (Å²) < 4.78 is 4.69. The molecule has 126 valence electrons. The number of esters is 1. The molecule has 1 aromatic carbocycles. The Kier molecular flexibility index (Phi) is 6.20. The highest BCUT2D eigenvalue weighted by molar-refractivity contribution is 5.94. The van der Waals surface area contributed by atoms with Crippen LogP contribution in [0.4, 0.5) is 0 Å². The molecule has 0 heterocycles. The SMILES string of the molecule is COC(=O)CCN(CC(C)C)C(=O)c1ccc2c(c1)CCCC2. The van der Waals surface area contributed by atoms with Gasteiger partial charge in [-0.2, -0.15) is 0 Å². The predicted molar refractivity (Wildman–Crippen MR) is 90.5 cm³/mol. The molecule has 0 N–H and O–H groups in total. The van der Waals surface area contributed by atoms with E-state index in [0.29, 0.717) is 19.0 Å². The third kappa shape index (κ3) is 4.81. The number of carbonyl (C=O) groups excluding carboxylic acids is 2. The molecule has 4 heteroatoms. The van der Waals surface area contributed by atoms with Gasteiger partial charge in [0.1, 0.15) is 0 Å². The minimum atomic E-state index is -0.281. The van der Waals surface area contributed by atoms with E-state index in [1.54, 1.807) is 4.90 Å². The highest BCUT2D eigenvalue weighted by Gasteiger charge is 2.20. The number of ether oxygens (including phenoxy) is 1. The zero-order chi connectivity index (χ0) is 16.8. The van der Waals surface area contributed by atoms with Crippen LogP contribution >= 0.6 is 0 Å². The smallest absolute Gasteiger partial charge is 0.307 e. The Balaban J connectivity index is 2.13. The zero-order valence-electron chi connectivity index (χ0n) is 14.4. The minimum Gasteiger partial charge on any atom is -0.469 e. The highest BCUT2D eigenvalue weighted by atomic mass is 16.5. The van der Waals surface area contributed by atoms with Crippen molar-refractivity contribution in [2.75, 3.05) is 20.2 Å². The molecular weight excluding hydrogens is 290 g/mol. The average Bonchev–Trinajstić information content (AvgIpc) is 2.56. The van der Waals surface area contributed by atoms with Crippen molar-refractivity contribution < 1.29 is 14.3 Å². The summed E-state index contributed by atoms with van der Waals surface area (Å²) in [5.74, 6) is 0.0854. The van der Waals surface area contributed by atoms with Crippen molar-refractivity contribution in [2.24, 2.45) is 5.92 Å². The van der Waals surface area contributed by atoms with Gasteiger partial charge in [-0.1, -0.05) is 19.9 Å². The summed E-state index contributed by atoms with van der Waals surface area (Å²) in [5, 5.41) is 0. The van der Waals surface area contributed by atoms with E-state index in [0.717, 1.165) is 18.4 Å². The second kappa shape index (κ2) is 8.14. The second-order valence-electron chi connectivity index (χ2n) is 6.66. The van der Waals surface area contributed by atoms with Crippen LogP contribution in [0.25, 0.3) is 0 Å². The standard InChI is InChI=1S/C19H27NO3/c1-14(2)13-20(11-10-18(21)23-3)19(22)17-9-8-15-6-4-5-7-16(15)12-17/h8-9,12,14H,4-7,10-11,13H2,1-3H3. The van der Waals surface area contributed by atoms with Crippen LogP contribution in [0.3, 0.4) is 0 Å². The largest absolute Gasteiger partial charge is 0.469 e. The Bertz CT molecular complexity index is 566. The maximum atomic E-state index is 12.8. The van der Waals surface area contributed by atoms with E-state index < -0.39 is 0 Å². The van der Waals surface area contributed by atoms with E-state index in [-0.39, 0.29) is 18.3 Å². The average molecular weight is 317 g/mol. The summed E-state index contributed by atoms with van der Waals surface area (Å²) in [5.41, 5.74) is 3.41. The van der Waals surface area contributed by atoms with E-state index in [2.05, 4.69) is 24.7 Å². The fraction of sp³-hybridized carbons (Fsp3) is 0.579. The molecule has 0 bridgehead atoms. The summed E-state index contributed by atoms with van der Waals surface area (Å²) >= 11 is 0. The maximum absolute atomic E-state index is 12.8. The molecule has 0 fully saturated rings. The normalized spacial score (nSPS) is 13.6. The lowest BCUT2D eigenvalue weighted by atomic mass is 9.90. The number of nitrogens with zero attached hydrogens (tertiary/aromatic N) is 1. The lowest BCUT2D eigenvalue weighted by molar-refractivity contribution is -0.140. The van der Waals surface area contributed by atoms with Crippen LogP contribution < -0.4 is 0 Å². The Morgan fingerprint density at radius 1 is 1.17 bits per heavy atom. The van der Waals surface area contributed by atoms with Crippen molar-refractivity contribution in [2.45, 2.75) is 46.0 Å². The Labute approximate surface area is 138 Å². The van der Waals surface area contributed by atoms with Crippen molar-refractivity contribution in [3.8, 4) is 0 Å². The lowest BCUT2D eigenvalue weighted by Crippen LogP contribution is -2.36. The molecule has 1 aliphatic carbocycles. The quantitative estimate of drug-likeness (QED) is 0.757. The molecular formula is C19H27NO3. The van der Waals surface area contributed by atoms with E-state index in [1.165, 1.54) is 31.1 Å². The molecule has 1 aliphatic rings. The van der Waals surface area contributed by atoms with E-state index >= 15 is 0 Å². The van der Waals surface area contributed by atoms with Gasteiger partial charge in [-0.05, 0) is 54.9 Å². The van der Waals surface area contributed by atoms with Gasteiger partial charge in [-0.15, -0.1) is 0 Å². The molecule has 2 rings (SSSR count). The number of hydrogen-bond donors (Lipinski definition) is 0. The summed E-state index contributed by atoms with van der Waals surface area (Å²) in [6.07, 6.45) is 4.84. The second-order valence-corrected chi connectivity index (χ2v) is 6.66. The van der Waals surface area contributed by atoms with Gasteiger partial charge in [0, 0.05) is 18.7 Å². The van der Waals surface area contributed by atoms with E-state index in [1.807, 2.05) is 12.1 Å². The maximum Gasteiger partial charge on any atom is 0.307 e. The van der Waals surface area contributed by atoms with Gasteiger partial charge in [0.05, 0.1) is 13.5 Å². The van der Waals surface area contributed by atoms with Crippen molar-refractivity contribution in [1.82, 2.24) is 4.90 Å². The highest BCUT2D eigenvalue weighted by Crippen LogP contribution is 2.23. The van der Waals surface area contributed by atoms with Crippen molar-refractivity contribution >= 4 is 11.9 Å². The first kappa shape index (κ1) is 17.5. The van der Waals surface area contributed by atoms with E-state index in [4.69, 9.17) is 0 Å². The molecule has 23 heavy (non-hydrogen) atoms. The molecule has 0 aromatic heterocycles. The van der Waals surface area contributed by atoms with Crippen LogP contribution in [0, 0.1) is 5.92 Å². The summed E-state index contributed by atoms with van der Waals surface area (Å²) in [7, 11) is 1.38. The number of aryl methyl sites for hydroxylation is 2. The van der Waals surface area contributed by atoms with Gasteiger partial charge in [0.2, 0.25) is 0 Å². The van der Waals surface area contributed by atoms with Gasteiger partial charge >= 0.3 is 5.97 Å². The third-order valence-corrected chi connectivity index (χ3v) is 4.28. The van der Waals surface area contributed by atoms with Crippen LogP contribution in [0.5, 0.6) is 0 Å². The van der Waals surface area contributed by atoms with Crippen LogP contribution in [-0.2, 0) is 22.4 Å². The number of rotatable bonds is 6. The fourth-order valence-electron chi connectivity index (χ4n) is 3.09. The fourth-order valence-corrected chi connectivity index (χ4v) is 3.09. The molecule has 1 aromatic rings. The number of methoxy groups -OCH3 is 1. The van der Waals surface area contributed by atoms with Crippen molar-refractivity contribution in [3.63, 3.8) is 0 Å². The van der Waals surface area contributed by atoms with Crippen molar-refractivity contribution in [1.29, 1.82) is 0 Å². The zero-order valence-corrected chi connectivity index (χ0v) is 14.4. The molecule has 0 saturated carbocycles. The molecule has 0 atom stereocenters. The molecule has 4 nitrogen and oxygen atoms in total. The summed E-state index contributed by atoms with van der Waals surface area (Å²) in [6.45, 7) is 5.20. The van der Waals surface area contributed by atoms with Crippen LogP contribution in [-0.4, -0.2) is 37.0 Å². The summed E-state index contributed by atoms with van der Waals surface area (Å²) in [4.78, 5) is 26.0. The van der Waals surface area contributed by atoms with Gasteiger partial charge in [0.15, 0.2) is 0 Å². The Morgan fingerprint density at radius 2 is 1.87 bits per heavy atom. The van der Waals surface area contributed by atoms with E-state index in [9.17, 15) is 9.59 Å². The lowest BCUT2D eigenvalue weighted by Gasteiger charge is -2.25. The Morgan fingerprint density at radius 3 is 2.52 bits per heavy atom. The van der Waals surface area contributed by atoms with Crippen LogP contribution in [0.15, 0.2) is 18.2 Å². The summed E-state index contributed by atoms with van der Waals surface area (Å²) in [6, 6.07) is 6.07. The van der Waals surface area contributed by atoms with Crippen LogP contribution in [0.1, 0.15) is 54.6 Å². The first-order valence-electron chi connectivity index (χ1n) is 8.49. The number of amides is 1. The van der Waals surface area contributed by atoms with Gasteiger partial charge in [-0.25, -0.2) is 0 Å². The number of carbonyl (C=O) groups is 2. The monoisotopic (exact) mass is 317 g/mol. The topological polar surface area (TPSA) is 46.6 Å². The Hall–Kier alpha value is -1.84. The molecule has 1 amide bonds. The van der Waals surface area contributed by atoms with Gasteiger partial charge < -0.3 is 9.64 Å². The number of hydrogen-bond acceptors (Lipinski definition) is 3. The number of fused-ring (bicyclic) bond motifs is 1. The van der Waals surface area contributed by atoms with Crippen molar-refractivity contribution in [3.05, 3.63) is 34.9 Å². The van der Waals surface area contributed by atoms with Gasteiger partial charge in [0.25, 0.3) is 5.91 Å². The molecule has 0 spiro atoms. The predicted octanol–water partition coefficient (Wildman–Crippen LogP) is 3.23. The molecule has 0 aliphatic heterocycles. The minimum absolute atomic E-state index is 0.0102. The molecule has 0 unspecified atom stereocenters. The van der Waals surface area contributed by atoms with Crippen LogP contribution in [0.2, 0.25) is 0 Å². The van der Waals surface area contributed by atoms with Gasteiger partial charge in [-0.3, -0.25) is 9.59 Å². The molecule has 0 radical (unpaired) electrons. The number of benzene rings is 1. The first-order chi connectivity index (χ1) is 11.0. The first-order valence-corrected chi connectivity index (χ1v) is 8.49. The molecule has 0 saturated heterocycles. The third-order valence-electron chi connectivity index (χ3n) is 4.28.